The third-order valence-electron chi connectivity index (χ3n) is 3.14. The number of carbonyl (C=O) groups is 1. The molecule has 2 atom stereocenters. The highest BCUT2D eigenvalue weighted by atomic mass is 32.2. The molecule has 0 aliphatic rings. The molecular weight excluding hydrogens is 304 g/mol. The van der Waals surface area contributed by atoms with Crippen LogP contribution in [-0.4, -0.2) is 26.9 Å². The molecule has 0 saturated carbocycles. The van der Waals surface area contributed by atoms with Crippen molar-refractivity contribution < 1.29 is 9.00 Å². The average Bonchev–Trinajstić information content (AvgIpc) is 2.85. The summed E-state index contributed by atoms with van der Waals surface area (Å²) in [6.45, 7) is 10.8. The molecule has 1 rings (SSSR count). The molecule has 0 bridgehead atoms. The van der Waals surface area contributed by atoms with Crippen LogP contribution < -0.4 is 5.32 Å². The van der Waals surface area contributed by atoms with E-state index in [-0.39, 0.29) is 5.91 Å². The van der Waals surface area contributed by atoms with Crippen molar-refractivity contribution in [2.75, 3.05) is 6.54 Å². The highest BCUT2D eigenvalue weighted by Gasteiger charge is 2.21. The molecule has 0 aromatic carbocycles. The number of nitrogens with one attached hydrogen (secondary N) is 1. The van der Waals surface area contributed by atoms with Crippen LogP contribution in [0.3, 0.4) is 0 Å². The maximum absolute atomic E-state index is 12.2. The molecule has 4 nitrogen and oxygen atoms in total. The quantitative estimate of drug-likeness (QED) is 0.797. The van der Waals surface area contributed by atoms with Gasteiger partial charge in [-0.2, -0.15) is 0 Å². The number of hydrogen-bond acceptors (Lipinski definition) is 4. The SMILES string of the molecule is CC(C)CCNC(=O)[C@H](C)[S@@](=O)Cc1csc(C(C)C)n1. The summed E-state index contributed by atoms with van der Waals surface area (Å²) in [5, 5.41) is 5.35. The second kappa shape index (κ2) is 8.63. The van der Waals surface area contributed by atoms with E-state index in [1.807, 2.05) is 5.38 Å². The molecule has 120 valence electrons. The molecule has 1 aromatic heterocycles. The molecule has 1 aromatic rings. The van der Waals surface area contributed by atoms with Crippen molar-refractivity contribution in [2.45, 2.75) is 58.0 Å². The molecule has 0 aliphatic carbocycles. The van der Waals surface area contributed by atoms with Gasteiger partial charge in [-0.3, -0.25) is 9.00 Å². The predicted molar refractivity (Wildman–Crippen MR) is 90.0 cm³/mol. The fraction of sp³-hybridized carbons (Fsp3) is 0.733. The zero-order valence-corrected chi connectivity index (χ0v) is 15.1. The Kier molecular flexibility index (Phi) is 7.52. The van der Waals surface area contributed by atoms with E-state index in [0.29, 0.717) is 24.1 Å². The maximum atomic E-state index is 12.2. The first kappa shape index (κ1) is 18.3. The molecule has 0 fully saturated rings. The zero-order chi connectivity index (χ0) is 16.0. The molecule has 1 N–H and O–H groups in total. The number of hydrogen-bond donors (Lipinski definition) is 1. The minimum absolute atomic E-state index is 0.131. The Morgan fingerprint density at radius 2 is 2.00 bits per heavy atom. The van der Waals surface area contributed by atoms with Crippen LogP contribution in [0.2, 0.25) is 0 Å². The zero-order valence-electron chi connectivity index (χ0n) is 13.5. The van der Waals surface area contributed by atoms with Crippen LogP contribution in [0, 0.1) is 5.92 Å². The van der Waals surface area contributed by atoms with Crippen LogP contribution >= 0.6 is 11.3 Å². The summed E-state index contributed by atoms with van der Waals surface area (Å²) in [6, 6.07) is 0. The van der Waals surface area contributed by atoms with Gasteiger partial charge in [0.25, 0.3) is 0 Å². The van der Waals surface area contributed by atoms with Crippen molar-refractivity contribution in [1.82, 2.24) is 10.3 Å². The second-order valence-electron chi connectivity index (χ2n) is 5.97. The first-order valence-electron chi connectivity index (χ1n) is 7.40. The van der Waals surface area contributed by atoms with Crippen molar-refractivity contribution in [3.8, 4) is 0 Å². The van der Waals surface area contributed by atoms with Gasteiger partial charge in [0.05, 0.1) is 16.5 Å². The van der Waals surface area contributed by atoms with Crippen molar-refractivity contribution in [3.63, 3.8) is 0 Å². The predicted octanol–water partition coefficient (Wildman–Crippen LogP) is 3.07. The van der Waals surface area contributed by atoms with E-state index in [4.69, 9.17) is 0 Å². The van der Waals surface area contributed by atoms with E-state index in [1.165, 1.54) is 0 Å². The molecule has 0 spiro atoms. The van der Waals surface area contributed by atoms with Crippen LogP contribution in [0.15, 0.2) is 5.38 Å². The number of aromatic nitrogens is 1. The molecule has 0 unspecified atom stereocenters. The van der Waals surface area contributed by atoms with Crippen molar-refractivity contribution in [3.05, 3.63) is 16.1 Å². The number of amides is 1. The van der Waals surface area contributed by atoms with Gasteiger partial charge < -0.3 is 5.32 Å². The van der Waals surface area contributed by atoms with E-state index in [1.54, 1.807) is 18.3 Å². The average molecular weight is 331 g/mol. The minimum Gasteiger partial charge on any atom is -0.355 e. The standard InChI is InChI=1S/C15H26N2O2S2/c1-10(2)6-7-16-14(18)12(5)21(19)9-13-8-20-15(17-13)11(3)4/h8,10-12H,6-7,9H2,1-5H3,(H,16,18)/t12-,21-/m0/s1. The summed E-state index contributed by atoms with van der Waals surface area (Å²) >= 11 is 1.59. The van der Waals surface area contributed by atoms with E-state index in [0.717, 1.165) is 17.1 Å². The molecular formula is C15H26N2O2S2. The Morgan fingerprint density at radius 3 is 2.52 bits per heavy atom. The number of rotatable bonds is 8. The topological polar surface area (TPSA) is 59.1 Å². The van der Waals surface area contributed by atoms with Gasteiger partial charge in [0.2, 0.25) is 5.91 Å². The molecule has 6 heteroatoms. The van der Waals surface area contributed by atoms with Gasteiger partial charge in [0.15, 0.2) is 0 Å². The smallest absolute Gasteiger partial charge is 0.235 e. The van der Waals surface area contributed by atoms with Crippen LogP contribution in [0.5, 0.6) is 0 Å². The Labute approximate surface area is 134 Å². The summed E-state index contributed by atoms with van der Waals surface area (Å²) in [7, 11) is -1.23. The fourth-order valence-electron chi connectivity index (χ4n) is 1.67. The molecule has 0 radical (unpaired) electrons. The van der Waals surface area contributed by atoms with E-state index in [2.05, 4.69) is 38.0 Å². The second-order valence-corrected chi connectivity index (χ2v) is 8.62. The van der Waals surface area contributed by atoms with Crippen molar-refractivity contribution in [2.24, 2.45) is 5.92 Å². The van der Waals surface area contributed by atoms with Crippen LogP contribution in [0.4, 0.5) is 0 Å². The van der Waals surface area contributed by atoms with Gasteiger partial charge in [0, 0.05) is 28.6 Å². The summed E-state index contributed by atoms with van der Waals surface area (Å²) in [6.07, 6.45) is 0.939. The largest absolute Gasteiger partial charge is 0.355 e. The van der Waals surface area contributed by atoms with Crippen LogP contribution in [0.25, 0.3) is 0 Å². The normalized spacial score (nSPS) is 14.4. The number of carbonyl (C=O) groups excluding carboxylic acids is 1. The molecule has 0 saturated heterocycles. The third-order valence-corrected chi connectivity index (χ3v) is 5.92. The molecule has 0 aliphatic heterocycles. The lowest BCUT2D eigenvalue weighted by atomic mass is 10.1. The first-order valence-corrected chi connectivity index (χ1v) is 9.66. The van der Waals surface area contributed by atoms with Crippen LogP contribution in [-0.2, 0) is 21.3 Å². The molecule has 1 heterocycles. The molecule has 1 amide bonds. The monoisotopic (exact) mass is 330 g/mol. The van der Waals surface area contributed by atoms with Gasteiger partial charge in [-0.15, -0.1) is 11.3 Å². The lowest BCUT2D eigenvalue weighted by Gasteiger charge is -2.12. The lowest BCUT2D eigenvalue weighted by molar-refractivity contribution is -0.120. The van der Waals surface area contributed by atoms with Crippen molar-refractivity contribution in [1.29, 1.82) is 0 Å². The Balaban J connectivity index is 2.47. The van der Waals surface area contributed by atoms with E-state index in [9.17, 15) is 9.00 Å². The fourth-order valence-corrected chi connectivity index (χ4v) is 3.62. The van der Waals surface area contributed by atoms with Crippen LogP contribution in [0.1, 0.15) is 57.7 Å². The van der Waals surface area contributed by atoms with E-state index < -0.39 is 16.0 Å². The van der Waals surface area contributed by atoms with Gasteiger partial charge in [0.1, 0.15) is 5.25 Å². The minimum atomic E-state index is -1.23. The number of thiazole rings is 1. The van der Waals surface area contributed by atoms with Gasteiger partial charge in [-0.1, -0.05) is 27.7 Å². The Hall–Kier alpha value is -0.750. The molecule has 21 heavy (non-hydrogen) atoms. The highest BCUT2D eigenvalue weighted by Crippen LogP contribution is 2.20. The lowest BCUT2D eigenvalue weighted by Crippen LogP contribution is -2.36. The maximum Gasteiger partial charge on any atom is 0.235 e. The van der Waals surface area contributed by atoms with Crippen molar-refractivity contribution >= 4 is 28.0 Å². The van der Waals surface area contributed by atoms with E-state index >= 15 is 0 Å². The van der Waals surface area contributed by atoms with Gasteiger partial charge in [-0.25, -0.2) is 4.98 Å². The summed E-state index contributed by atoms with van der Waals surface area (Å²) in [5.74, 6) is 1.15. The summed E-state index contributed by atoms with van der Waals surface area (Å²) in [5.41, 5.74) is 0.823. The first-order chi connectivity index (χ1) is 9.81. The Bertz CT molecular complexity index is 484. The van der Waals surface area contributed by atoms with Gasteiger partial charge in [-0.05, 0) is 19.3 Å². The highest BCUT2D eigenvalue weighted by molar-refractivity contribution is 7.85. The third kappa shape index (κ3) is 6.26. The summed E-state index contributed by atoms with van der Waals surface area (Å²) in [4.78, 5) is 16.4. The Morgan fingerprint density at radius 1 is 1.33 bits per heavy atom. The summed E-state index contributed by atoms with van der Waals surface area (Å²) < 4.78 is 12.2. The van der Waals surface area contributed by atoms with Gasteiger partial charge >= 0.3 is 0 Å². The number of nitrogens with zero attached hydrogens (tertiary/aromatic N) is 1.